The number of likely N-dealkylation sites (N-methyl/N-ethyl adjacent to an activating group) is 1. The number of amides is 1. The molecule has 1 fully saturated rings. The summed E-state index contributed by atoms with van der Waals surface area (Å²) in [4.78, 5) is 43.6. The zero-order valence-corrected chi connectivity index (χ0v) is 22.8. The van der Waals surface area contributed by atoms with Crippen molar-refractivity contribution in [1.29, 1.82) is 0 Å². The minimum absolute atomic E-state index is 0.00435. The highest BCUT2D eigenvalue weighted by molar-refractivity contribution is 5.88. The van der Waals surface area contributed by atoms with Crippen molar-refractivity contribution in [2.75, 3.05) is 7.05 Å². The number of ether oxygens (including phenoxy) is 2. The Hall–Kier alpha value is -3.19. The number of benzene rings is 2. The smallest absolute Gasteiger partial charge is 0.410 e. The number of Topliss-reactive ketones (excluding diaryl/α,β-unsaturated/α-hetero) is 1. The van der Waals surface area contributed by atoms with Crippen LogP contribution >= 0.6 is 0 Å². The van der Waals surface area contributed by atoms with E-state index in [0.717, 1.165) is 11.1 Å². The first kappa shape index (κ1) is 28.4. The van der Waals surface area contributed by atoms with Crippen molar-refractivity contribution in [1.82, 2.24) is 9.80 Å². The third-order valence-corrected chi connectivity index (χ3v) is 6.40. The fraction of sp³-hybridized carbons (Fsp3) is 0.500. The molecule has 1 amide bonds. The Kier molecular flexibility index (Phi) is 9.49. The van der Waals surface area contributed by atoms with Crippen LogP contribution in [0.15, 0.2) is 60.7 Å². The minimum Gasteiger partial charge on any atom is -0.459 e. The van der Waals surface area contributed by atoms with Crippen molar-refractivity contribution in [3.8, 4) is 0 Å². The van der Waals surface area contributed by atoms with Crippen LogP contribution in [0.5, 0.6) is 0 Å². The van der Waals surface area contributed by atoms with Crippen molar-refractivity contribution in [3.63, 3.8) is 0 Å². The lowest BCUT2D eigenvalue weighted by Crippen LogP contribution is -2.51. The summed E-state index contributed by atoms with van der Waals surface area (Å²) in [5.74, 6) is -0.244. The van der Waals surface area contributed by atoms with Crippen molar-refractivity contribution in [2.45, 2.75) is 84.3 Å². The van der Waals surface area contributed by atoms with E-state index in [4.69, 9.17) is 9.47 Å². The van der Waals surface area contributed by atoms with Crippen LogP contribution in [0.3, 0.4) is 0 Å². The molecule has 0 saturated carbocycles. The molecule has 7 heteroatoms. The summed E-state index contributed by atoms with van der Waals surface area (Å²) in [6.45, 7) is 9.99. The highest BCUT2D eigenvalue weighted by Gasteiger charge is 2.51. The molecule has 1 heterocycles. The van der Waals surface area contributed by atoms with Crippen LogP contribution in [0.25, 0.3) is 0 Å². The second kappa shape index (κ2) is 12.4. The van der Waals surface area contributed by atoms with Gasteiger partial charge in [-0.2, -0.15) is 0 Å². The molecule has 0 bridgehead atoms. The summed E-state index contributed by atoms with van der Waals surface area (Å²) in [6.07, 6.45) is 0.105. The van der Waals surface area contributed by atoms with Gasteiger partial charge in [0.25, 0.3) is 0 Å². The molecule has 1 saturated heterocycles. The van der Waals surface area contributed by atoms with E-state index in [1.54, 1.807) is 7.05 Å². The lowest BCUT2D eigenvalue weighted by atomic mass is 9.96. The van der Waals surface area contributed by atoms with E-state index in [2.05, 4.69) is 0 Å². The first-order chi connectivity index (χ1) is 17.5. The number of hydrogen-bond donors (Lipinski definition) is 0. The second-order valence-electron chi connectivity index (χ2n) is 11.2. The number of rotatable bonds is 9. The molecule has 2 aromatic rings. The summed E-state index contributed by atoms with van der Waals surface area (Å²) in [7, 11) is 1.64. The standard InChI is InChI=1S/C30H40N2O5/c1-21(2)17-26(33)27-24(31(6)29(35)36-20-23-15-11-8-12-16-23)18-25(28(34)37-30(3,4)5)32(27)19-22-13-9-7-10-14-22/h7-16,21,24-25,27H,17-20H2,1-6H3/t24-,25-,27?/m1/s1. The molecule has 1 aliphatic heterocycles. The summed E-state index contributed by atoms with van der Waals surface area (Å²) in [5, 5.41) is 0. The Balaban J connectivity index is 1.91. The van der Waals surface area contributed by atoms with Crippen LogP contribution in [0.2, 0.25) is 0 Å². The molecule has 1 unspecified atom stereocenters. The average molecular weight is 509 g/mol. The van der Waals surface area contributed by atoms with Gasteiger partial charge in [0.15, 0.2) is 5.78 Å². The number of ketones is 1. The summed E-state index contributed by atoms with van der Waals surface area (Å²) < 4.78 is 11.3. The van der Waals surface area contributed by atoms with E-state index in [1.807, 2.05) is 100 Å². The number of hydrogen-bond acceptors (Lipinski definition) is 6. The maximum atomic E-state index is 13.7. The Morgan fingerprint density at radius 2 is 1.54 bits per heavy atom. The van der Waals surface area contributed by atoms with E-state index in [9.17, 15) is 14.4 Å². The molecule has 0 aromatic heterocycles. The molecule has 1 aliphatic rings. The minimum atomic E-state index is -0.675. The molecule has 3 atom stereocenters. The van der Waals surface area contributed by atoms with Gasteiger partial charge in [-0.05, 0) is 44.2 Å². The molecule has 3 rings (SSSR count). The van der Waals surface area contributed by atoms with Crippen LogP contribution in [0, 0.1) is 5.92 Å². The van der Waals surface area contributed by atoms with Gasteiger partial charge in [-0.3, -0.25) is 14.5 Å². The highest BCUT2D eigenvalue weighted by Crippen LogP contribution is 2.33. The SMILES string of the molecule is CC(C)CC(=O)C1[C@H](N(C)C(=O)OCc2ccccc2)C[C@H](C(=O)OC(C)(C)C)N1Cc1ccccc1. The number of likely N-dealkylation sites (tertiary alicyclic amines) is 1. The van der Waals surface area contributed by atoms with Crippen LogP contribution in [-0.4, -0.2) is 58.4 Å². The maximum Gasteiger partial charge on any atom is 0.410 e. The molecule has 0 spiro atoms. The molecule has 37 heavy (non-hydrogen) atoms. The zero-order chi connectivity index (χ0) is 27.2. The van der Waals surface area contributed by atoms with E-state index >= 15 is 0 Å². The zero-order valence-electron chi connectivity index (χ0n) is 22.8. The van der Waals surface area contributed by atoms with Gasteiger partial charge in [-0.25, -0.2) is 4.79 Å². The van der Waals surface area contributed by atoms with Gasteiger partial charge in [0.1, 0.15) is 18.2 Å². The number of nitrogens with zero attached hydrogens (tertiary/aromatic N) is 2. The second-order valence-corrected chi connectivity index (χ2v) is 11.2. The molecular formula is C30H40N2O5. The lowest BCUT2D eigenvalue weighted by molar-refractivity contribution is -0.161. The van der Waals surface area contributed by atoms with Crippen LogP contribution in [0.1, 0.15) is 58.6 Å². The molecule has 0 radical (unpaired) electrons. The van der Waals surface area contributed by atoms with Gasteiger partial charge in [-0.1, -0.05) is 74.5 Å². The van der Waals surface area contributed by atoms with Gasteiger partial charge >= 0.3 is 12.1 Å². The van der Waals surface area contributed by atoms with Crippen LogP contribution in [-0.2, 0) is 32.2 Å². The molecule has 0 N–H and O–H groups in total. The van der Waals surface area contributed by atoms with Gasteiger partial charge in [0, 0.05) is 20.0 Å². The molecule has 7 nitrogen and oxygen atoms in total. The normalized spacial score (nSPS) is 20.0. The van der Waals surface area contributed by atoms with Gasteiger partial charge in [0.2, 0.25) is 0 Å². The third kappa shape index (κ3) is 7.89. The fourth-order valence-electron chi connectivity index (χ4n) is 4.76. The molecule has 0 aliphatic carbocycles. The van der Waals surface area contributed by atoms with Gasteiger partial charge < -0.3 is 14.4 Å². The summed E-state index contributed by atoms with van der Waals surface area (Å²) in [6, 6.07) is 17.3. The van der Waals surface area contributed by atoms with Crippen LogP contribution < -0.4 is 0 Å². The van der Waals surface area contributed by atoms with Gasteiger partial charge in [-0.15, -0.1) is 0 Å². The summed E-state index contributed by atoms with van der Waals surface area (Å²) >= 11 is 0. The first-order valence-electron chi connectivity index (χ1n) is 12.9. The highest BCUT2D eigenvalue weighted by atomic mass is 16.6. The van der Waals surface area contributed by atoms with Crippen molar-refractivity contribution in [2.24, 2.45) is 5.92 Å². The number of carbonyl (C=O) groups excluding carboxylic acids is 3. The Labute approximate surface area is 220 Å². The van der Waals surface area contributed by atoms with E-state index in [-0.39, 0.29) is 30.7 Å². The lowest BCUT2D eigenvalue weighted by Gasteiger charge is -2.33. The predicted molar refractivity (Wildman–Crippen MR) is 143 cm³/mol. The van der Waals surface area contributed by atoms with Crippen LogP contribution in [0.4, 0.5) is 4.79 Å². The van der Waals surface area contributed by atoms with E-state index in [1.165, 1.54) is 4.90 Å². The topological polar surface area (TPSA) is 76.1 Å². The van der Waals surface area contributed by atoms with Crippen molar-refractivity contribution >= 4 is 17.8 Å². The van der Waals surface area contributed by atoms with Gasteiger partial charge in [0.05, 0.1) is 12.1 Å². The number of carbonyl (C=O) groups is 3. The maximum absolute atomic E-state index is 13.7. The Morgan fingerprint density at radius 3 is 2.08 bits per heavy atom. The molecule has 2 aromatic carbocycles. The summed E-state index contributed by atoms with van der Waals surface area (Å²) in [5.41, 5.74) is 1.18. The Bertz CT molecular complexity index is 1050. The first-order valence-corrected chi connectivity index (χ1v) is 12.9. The quantitative estimate of drug-likeness (QED) is 0.432. The third-order valence-electron chi connectivity index (χ3n) is 6.40. The average Bonchev–Trinajstić information content (AvgIpc) is 3.21. The largest absolute Gasteiger partial charge is 0.459 e. The molecule has 200 valence electrons. The van der Waals surface area contributed by atoms with E-state index < -0.39 is 29.8 Å². The Morgan fingerprint density at radius 1 is 0.973 bits per heavy atom. The van der Waals surface area contributed by atoms with Crippen molar-refractivity contribution < 1.29 is 23.9 Å². The predicted octanol–water partition coefficient (Wildman–Crippen LogP) is 5.22. The number of esters is 1. The molecular weight excluding hydrogens is 468 g/mol. The monoisotopic (exact) mass is 508 g/mol. The van der Waals surface area contributed by atoms with Crippen molar-refractivity contribution in [3.05, 3.63) is 71.8 Å². The van der Waals surface area contributed by atoms with E-state index in [0.29, 0.717) is 13.0 Å². The fourth-order valence-corrected chi connectivity index (χ4v) is 4.76.